The number of carbonyl (C=O) groups is 1. The van der Waals surface area contributed by atoms with Gasteiger partial charge in [-0.05, 0) is 30.3 Å². The second-order valence-electron chi connectivity index (χ2n) is 5.78. The Morgan fingerprint density at radius 3 is 2.58 bits per heavy atom. The third-order valence-electron chi connectivity index (χ3n) is 4.46. The highest BCUT2D eigenvalue weighted by Crippen LogP contribution is 2.44. The first kappa shape index (κ1) is 13.5. The zero-order valence-electron chi connectivity index (χ0n) is 12.5. The van der Waals surface area contributed by atoms with Gasteiger partial charge in [-0.1, -0.05) is 41.9 Å². The smallest absolute Gasteiger partial charge is 0.196 e. The van der Waals surface area contributed by atoms with Gasteiger partial charge in [0, 0.05) is 27.7 Å². The van der Waals surface area contributed by atoms with Crippen LogP contribution < -0.4 is 0 Å². The SMILES string of the molecule is O=C1c2cc(Cl)ccc2-c2c1c1ccccc1n2-c1ccccn1. The minimum absolute atomic E-state index is 0.0216. The summed E-state index contributed by atoms with van der Waals surface area (Å²) >= 11 is 6.10. The zero-order valence-corrected chi connectivity index (χ0v) is 13.3. The van der Waals surface area contributed by atoms with Crippen molar-refractivity contribution < 1.29 is 4.79 Å². The summed E-state index contributed by atoms with van der Waals surface area (Å²) in [5.74, 6) is 0.818. The molecule has 2 aromatic carbocycles. The van der Waals surface area contributed by atoms with E-state index in [-0.39, 0.29) is 5.78 Å². The van der Waals surface area contributed by atoms with Crippen molar-refractivity contribution in [2.75, 3.05) is 0 Å². The number of halogens is 1. The molecule has 4 aromatic rings. The van der Waals surface area contributed by atoms with Crippen LogP contribution in [0.4, 0.5) is 0 Å². The minimum atomic E-state index is 0.0216. The lowest BCUT2D eigenvalue weighted by Crippen LogP contribution is -1.99. The normalized spacial score (nSPS) is 12.5. The molecule has 0 fully saturated rings. The number of ketones is 1. The molecule has 0 amide bonds. The van der Waals surface area contributed by atoms with Crippen LogP contribution in [0.5, 0.6) is 0 Å². The molecule has 0 radical (unpaired) electrons. The lowest BCUT2D eigenvalue weighted by molar-refractivity contribution is 0.104. The van der Waals surface area contributed by atoms with Crippen molar-refractivity contribution >= 4 is 28.3 Å². The minimum Gasteiger partial charge on any atom is -0.293 e. The number of nitrogens with zero attached hydrogens (tertiary/aromatic N) is 2. The van der Waals surface area contributed by atoms with Crippen molar-refractivity contribution in [1.82, 2.24) is 9.55 Å². The fourth-order valence-electron chi connectivity index (χ4n) is 3.49. The molecule has 0 saturated carbocycles. The lowest BCUT2D eigenvalue weighted by atomic mass is 10.1. The number of carbonyl (C=O) groups excluding carboxylic acids is 1. The summed E-state index contributed by atoms with van der Waals surface area (Å²) in [5.41, 5.74) is 4.17. The molecule has 0 N–H and O–H groups in total. The van der Waals surface area contributed by atoms with E-state index in [1.807, 2.05) is 54.6 Å². The van der Waals surface area contributed by atoms with Gasteiger partial charge in [0.25, 0.3) is 0 Å². The number of hydrogen-bond donors (Lipinski definition) is 0. The van der Waals surface area contributed by atoms with Crippen molar-refractivity contribution in [3.63, 3.8) is 0 Å². The predicted molar refractivity (Wildman–Crippen MR) is 94.9 cm³/mol. The second kappa shape index (κ2) is 4.79. The molecule has 0 unspecified atom stereocenters. The molecular formula is C20H11ClN2O. The molecule has 0 saturated heterocycles. The van der Waals surface area contributed by atoms with Crippen LogP contribution in [-0.4, -0.2) is 15.3 Å². The van der Waals surface area contributed by atoms with Crippen LogP contribution in [0, 0.1) is 0 Å². The van der Waals surface area contributed by atoms with E-state index in [2.05, 4.69) is 9.55 Å². The number of aromatic nitrogens is 2. The summed E-state index contributed by atoms with van der Waals surface area (Å²) in [6.45, 7) is 0. The Morgan fingerprint density at radius 2 is 1.75 bits per heavy atom. The quantitative estimate of drug-likeness (QED) is 0.438. The highest BCUT2D eigenvalue weighted by Gasteiger charge is 2.34. The first-order chi connectivity index (χ1) is 11.8. The molecule has 5 rings (SSSR count). The van der Waals surface area contributed by atoms with Crippen LogP contribution in [0.15, 0.2) is 66.9 Å². The van der Waals surface area contributed by atoms with E-state index in [1.165, 1.54) is 0 Å². The van der Waals surface area contributed by atoms with Crippen LogP contribution in [-0.2, 0) is 0 Å². The molecular weight excluding hydrogens is 320 g/mol. The predicted octanol–water partition coefficient (Wildman–Crippen LogP) is 4.89. The molecule has 4 heteroatoms. The van der Waals surface area contributed by atoms with E-state index < -0.39 is 0 Å². The number of pyridine rings is 1. The third-order valence-corrected chi connectivity index (χ3v) is 4.70. The van der Waals surface area contributed by atoms with Gasteiger partial charge >= 0.3 is 0 Å². The van der Waals surface area contributed by atoms with Gasteiger partial charge in [-0.25, -0.2) is 4.98 Å². The van der Waals surface area contributed by atoms with Gasteiger partial charge in [-0.15, -0.1) is 0 Å². The molecule has 2 aromatic heterocycles. The van der Waals surface area contributed by atoms with Gasteiger partial charge in [-0.2, -0.15) is 0 Å². The number of hydrogen-bond acceptors (Lipinski definition) is 2. The van der Waals surface area contributed by atoms with E-state index >= 15 is 0 Å². The Labute approximate surface area is 143 Å². The van der Waals surface area contributed by atoms with Crippen molar-refractivity contribution in [1.29, 1.82) is 0 Å². The number of fused-ring (bicyclic) bond motifs is 5. The van der Waals surface area contributed by atoms with Crippen LogP contribution in [0.3, 0.4) is 0 Å². The maximum Gasteiger partial charge on any atom is 0.196 e. The van der Waals surface area contributed by atoms with Gasteiger partial charge in [0.2, 0.25) is 0 Å². The molecule has 24 heavy (non-hydrogen) atoms. The van der Waals surface area contributed by atoms with Crippen LogP contribution in [0.25, 0.3) is 28.0 Å². The fourth-order valence-corrected chi connectivity index (χ4v) is 3.67. The Morgan fingerprint density at radius 1 is 0.917 bits per heavy atom. The van der Waals surface area contributed by atoms with Crippen LogP contribution in [0.1, 0.15) is 15.9 Å². The molecule has 3 nitrogen and oxygen atoms in total. The first-order valence-corrected chi connectivity index (χ1v) is 8.03. The largest absolute Gasteiger partial charge is 0.293 e. The zero-order chi connectivity index (χ0) is 16.3. The molecule has 0 atom stereocenters. The van der Waals surface area contributed by atoms with Crippen molar-refractivity contribution in [3.8, 4) is 17.1 Å². The summed E-state index contributed by atoms with van der Waals surface area (Å²) in [6, 6.07) is 19.2. The Hall–Kier alpha value is -2.91. The second-order valence-corrected chi connectivity index (χ2v) is 6.22. The molecule has 0 aliphatic heterocycles. The van der Waals surface area contributed by atoms with E-state index in [0.717, 1.165) is 33.5 Å². The van der Waals surface area contributed by atoms with E-state index in [4.69, 9.17) is 11.6 Å². The highest BCUT2D eigenvalue weighted by molar-refractivity contribution is 6.33. The van der Waals surface area contributed by atoms with Crippen molar-refractivity contribution in [3.05, 3.63) is 83.0 Å². The average Bonchev–Trinajstić information content (AvgIpc) is 3.09. The maximum absolute atomic E-state index is 13.0. The van der Waals surface area contributed by atoms with Crippen LogP contribution in [0.2, 0.25) is 5.02 Å². The van der Waals surface area contributed by atoms with Gasteiger partial charge in [-0.3, -0.25) is 9.36 Å². The van der Waals surface area contributed by atoms with E-state index in [0.29, 0.717) is 10.6 Å². The van der Waals surface area contributed by atoms with E-state index in [1.54, 1.807) is 12.3 Å². The Kier molecular flexibility index (Phi) is 2.70. The molecule has 1 aliphatic carbocycles. The highest BCUT2D eigenvalue weighted by atomic mass is 35.5. The summed E-state index contributed by atoms with van der Waals surface area (Å²) in [4.78, 5) is 17.5. The first-order valence-electron chi connectivity index (χ1n) is 7.65. The maximum atomic E-state index is 13.0. The van der Waals surface area contributed by atoms with Crippen LogP contribution >= 0.6 is 11.6 Å². The third kappa shape index (κ3) is 1.67. The molecule has 2 heterocycles. The molecule has 0 bridgehead atoms. The number of para-hydroxylation sites is 1. The molecule has 0 spiro atoms. The Balaban J connectivity index is 1.97. The van der Waals surface area contributed by atoms with Gasteiger partial charge in [0.15, 0.2) is 5.78 Å². The fraction of sp³-hybridized carbons (Fsp3) is 0. The van der Waals surface area contributed by atoms with E-state index in [9.17, 15) is 4.79 Å². The number of rotatable bonds is 1. The summed E-state index contributed by atoms with van der Waals surface area (Å²) in [5, 5.41) is 1.51. The lowest BCUT2D eigenvalue weighted by Gasteiger charge is -2.09. The molecule has 1 aliphatic rings. The Bertz CT molecular complexity index is 1130. The topological polar surface area (TPSA) is 34.9 Å². The average molecular weight is 331 g/mol. The van der Waals surface area contributed by atoms with Crippen molar-refractivity contribution in [2.45, 2.75) is 0 Å². The van der Waals surface area contributed by atoms with Gasteiger partial charge in [0.1, 0.15) is 5.82 Å². The molecule has 114 valence electrons. The van der Waals surface area contributed by atoms with Crippen molar-refractivity contribution in [2.24, 2.45) is 0 Å². The summed E-state index contributed by atoms with van der Waals surface area (Å²) < 4.78 is 2.06. The summed E-state index contributed by atoms with van der Waals surface area (Å²) in [7, 11) is 0. The summed E-state index contributed by atoms with van der Waals surface area (Å²) in [6.07, 6.45) is 1.76. The van der Waals surface area contributed by atoms with Gasteiger partial charge < -0.3 is 0 Å². The monoisotopic (exact) mass is 330 g/mol. The number of benzene rings is 2. The van der Waals surface area contributed by atoms with Gasteiger partial charge in [0.05, 0.1) is 16.8 Å². The standard InChI is InChI=1S/C20H11ClN2O/c21-12-8-9-13-15(11-12)20(24)18-14-5-1-2-6-16(14)23(19(13)18)17-7-3-4-10-22-17/h1-11H.